The molecule has 1 aromatic heterocycles. The van der Waals surface area contributed by atoms with Crippen molar-refractivity contribution < 1.29 is 4.74 Å². The van der Waals surface area contributed by atoms with Crippen LogP contribution in [0.5, 0.6) is 5.88 Å². The van der Waals surface area contributed by atoms with E-state index < -0.39 is 0 Å². The van der Waals surface area contributed by atoms with Gasteiger partial charge in [-0.15, -0.1) is 0 Å². The van der Waals surface area contributed by atoms with Crippen LogP contribution in [-0.2, 0) is 6.54 Å². The molecule has 0 saturated heterocycles. The van der Waals surface area contributed by atoms with Gasteiger partial charge in [0.1, 0.15) is 5.02 Å². The van der Waals surface area contributed by atoms with Gasteiger partial charge in [-0.1, -0.05) is 44.2 Å². The Balaban J connectivity index is 2.29. The fourth-order valence-corrected chi connectivity index (χ4v) is 1.99. The van der Waals surface area contributed by atoms with Crippen molar-refractivity contribution in [1.29, 1.82) is 0 Å². The van der Waals surface area contributed by atoms with Crippen molar-refractivity contribution in [2.45, 2.75) is 45.6 Å². The molecule has 0 aliphatic heterocycles. The minimum Gasteiger partial charge on any atom is -0.477 e. The van der Waals surface area contributed by atoms with Gasteiger partial charge >= 0.3 is 0 Å². The number of hydrogen-bond acceptors (Lipinski definition) is 3. The van der Waals surface area contributed by atoms with E-state index in [9.17, 15) is 0 Å². The van der Waals surface area contributed by atoms with E-state index in [4.69, 9.17) is 16.3 Å². The minimum absolute atomic E-state index is 0.548. The van der Waals surface area contributed by atoms with Crippen molar-refractivity contribution in [3.8, 4) is 5.88 Å². The van der Waals surface area contributed by atoms with Crippen molar-refractivity contribution in [3.63, 3.8) is 0 Å². The lowest BCUT2D eigenvalue weighted by Crippen LogP contribution is -2.06. The standard InChI is InChI=1S/C14H23ClN2O/c1-3-4-5-6-7-8-18-14-13(15)9-12(10-16-2)11-17-14/h9,11,16H,3-8,10H2,1-2H3. The summed E-state index contributed by atoms with van der Waals surface area (Å²) in [6.07, 6.45) is 7.93. The van der Waals surface area contributed by atoms with Crippen molar-refractivity contribution >= 4 is 11.6 Å². The highest BCUT2D eigenvalue weighted by molar-refractivity contribution is 6.31. The van der Waals surface area contributed by atoms with Crippen LogP contribution in [0, 0.1) is 0 Å². The van der Waals surface area contributed by atoms with Gasteiger partial charge < -0.3 is 10.1 Å². The van der Waals surface area contributed by atoms with Crippen molar-refractivity contribution in [3.05, 3.63) is 22.8 Å². The van der Waals surface area contributed by atoms with E-state index in [2.05, 4.69) is 17.2 Å². The number of nitrogens with zero attached hydrogens (tertiary/aromatic N) is 1. The molecule has 1 aromatic rings. The van der Waals surface area contributed by atoms with Gasteiger partial charge in [-0.25, -0.2) is 4.98 Å². The third-order valence-corrected chi connectivity index (χ3v) is 3.00. The van der Waals surface area contributed by atoms with Gasteiger partial charge in [-0.05, 0) is 25.1 Å². The Labute approximate surface area is 115 Å². The fraction of sp³-hybridized carbons (Fsp3) is 0.643. The van der Waals surface area contributed by atoms with Crippen LogP contribution in [0.1, 0.15) is 44.6 Å². The lowest BCUT2D eigenvalue weighted by atomic mass is 10.2. The number of pyridine rings is 1. The Morgan fingerprint density at radius 3 is 2.72 bits per heavy atom. The largest absolute Gasteiger partial charge is 0.477 e. The van der Waals surface area contributed by atoms with E-state index in [1.54, 1.807) is 6.20 Å². The second-order valence-corrected chi connectivity index (χ2v) is 4.83. The molecule has 1 heterocycles. The van der Waals surface area contributed by atoms with Crippen LogP contribution in [0.3, 0.4) is 0 Å². The molecule has 0 saturated carbocycles. The molecule has 0 amide bonds. The normalized spacial score (nSPS) is 10.6. The molecule has 0 spiro atoms. The van der Waals surface area contributed by atoms with E-state index in [-0.39, 0.29) is 0 Å². The first-order valence-electron chi connectivity index (χ1n) is 6.69. The predicted octanol–water partition coefficient (Wildman–Crippen LogP) is 3.80. The molecule has 1 N–H and O–H groups in total. The van der Waals surface area contributed by atoms with Crippen LogP contribution in [0.25, 0.3) is 0 Å². The van der Waals surface area contributed by atoms with Crippen LogP contribution >= 0.6 is 11.6 Å². The molecule has 3 nitrogen and oxygen atoms in total. The van der Waals surface area contributed by atoms with Gasteiger partial charge in [0.15, 0.2) is 0 Å². The molecular weight excluding hydrogens is 248 g/mol. The summed E-state index contributed by atoms with van der Waals surface area (Å²) >= 11 is 6.11. The molecule has 0 aliphatic rings. The Morgan fingerprint density at radius 2 is 2.06 bits per heavy atom. The number of nitrogens with one attached hydrogen (secondary N) is 1. The van der Waals surface area contributed by atoms with Crippen molar-refractivity contribution in [1.82, 2.24) is 10.3 Å². The average Bonchev–Trinajstić information content (AvgIpc) is 2.36. The summed E-state index contributed by atoms with van der Waals surface area (Å²) in [6, 6.07) is 1.90. The van der Waals surface area contributed by atoms with E-state index >= 15 is 0 Å². The van der Waals surface area contributed by atoms with Crippen LogP contribution < -0.4 is 10.1 Å². The molecule has 0 aromatic carbocycles. The zero-order chi connectivity index (χ0) is 13.2. The summed E-state index contributed by atoms with van der Waals surface area (Å²) in [4.78, 5) is 4.24. The maximum atomic E-state index is 6.11. The molecule has 0 unspecified atom stereocenters. The molecule has 1 rings (SSSR count). The van der Waals surface area contributed by atoms with Gasteiger partial charge in [0.25, 0.3) is 0 Å². The summed E-state index contributed by atoms with van der Waals surface area (Å²) in [5.41, 5.74) is 1.07. The second-order valence-electron chi connectivity index (χ2n) is 4.42. The lowest BCUT2D eigenvalue weighted by molar-refractivity contribution is 0.293. The van der Waals surface area contributed by atoms with E-state index in [0.29, 0.717) is 17.5 Å². The highest BCUT2D eigenvalue weighted by Crippen LogP contribution is 2.22. The third kappa shape index (κ3) is 5.69. The monoisotopic (exact) mass is 270 g/mol. The van der Waals surface area contributed by atoms with Gasteiger partial charge in [-0.3, -0.25) is 0 Å². The molecule has 0 radical (unpaired) electrons. The Kier molecular flexibility index (Phi) is 7.78. The topological polar surface area (TPSA) is 34.1 Å². The molecule has 0 fully saturated rings. The first-order chi connectivity index (χ1) is 8.77. The highest BCUT2D eigenvalue weighted by atomic mass is 35.5. The third-order valence-electron chi connectivity index (χ3n) is 2.73. The minimum atomic E-state index is 0.548. The van der Waals surface area contributed by atoms with Gasteiger partial charge in [-0.2, -0.15) is 0 Å². The number of aromatic nitrogens is 1. The second kappa shape index (κ2) is 9.17. The number of unbranched alkanes of at least 4 members (excludes halogenated alkanes) is 4. The maximum absolute atomic E-state index is 6.11. The molecule has 18 heavy (non-hydrogen) atoms. The first kappa shape index (κ1) is 15.3. The summed E-state index contributed by atoms with van der Waals surface area (Å²) in [5.74, 6) is 0.548. The van der Waals surface area contributed by atoms with Gasteiger partial charge in [0.05, 0.1) is 6.61 Å². The van der Waals surface area contributed by atoms with E-state index in [1.165, 1.54) is 25.7 Å². The Bertz CT molecular complexity index is 345. The summed E-state index contributed by atoms with van der Waals surface area (Å²) < 4.78 is 5.59. The molecule has 4 heteroatoms. The van der Waals surface area contributed by atoms with Crippen LogP contribution in [0.2, 0.25) is 5.02 Å². The maximum Gasteiger partial charge on any atom is 0.232 e. The SMILES string of the molecule is CCCCCCCOc1ncc(CNC)cc1Cl. The Morgan fingerprint density at radius 1 is 1.28 bits per heavy atom. The fourth-order valence-electron chi connectivity index (χ4n) is 1.75. The zero-order valence-corrected chi connectivity index (χ0v) is 12.1. The molecule has 102 valence electrons. The number of rotatable bonds is 9. The van der Waals surface area contributed by atoms with E-state index in [0.717, 1.165) is 18.5 Å². The zero-order valence-electron chi connectivity index (χ0n) is 11.3. The van der Waals surface area contributed by atoms with Crippen LogP contribution in [0.4, 0.5) is 0 Å². The number of halogens is 1. The van der Waals surface area contributed by atoms with Crippen LogP contribution in [-0.4, -0.2) is 18.6 Å². The summed E-state index contributed by atoms with van der Waals surface area (Å²) in [6.45, 7) is 3.68. The average molecular weight is 271 g/mol. The molecule has 0 atom stereocenters. The predicted molar refractivity (Wildman–Crippen MR) is 76.3 cm³/mol. The quantitative estimate of drug-likeness (QED) is 0.693. The van der Waals surface area contributed by atoms with Crippen molar-refractivity contribution in [2.24, 2.45) is 0 Å². The summed E-state index contributed by atoms with van der Waals surface area (Å²) in [5, 5.41) is 3.66. The molecule has 0 bridgehead atoms. The molecular formula is C14H23ClN2O. The number of ether oxygens (including phenoxy) is 1. The smallest absolute Gasteiger partial charge is 0.232 e. The number of hydrogen-bond donors (Lipinski definition) is 1. The van der Waals surface area contributed by atoms with Crippen molar-refractivity contribution in [2.75, 3.05) is 13.7 Å². The Hall–Kier alpha value is -0.800. The first-order valence-corrected chi connectivity index (χ1v) is 7.07. The van der Waals surface area contributed by atoms with E-state index in [1.807, 2.05) is 13.1 Å². The lowest BCUT2D eigenvalue weighted by Gasteiger charge is -2.08. The van der Waals surface area contributed by atoms with Gasteiger partial charge in [0.2, 0.25) is 5.88 Å². The highest BCUT2D eigenvalue weighted by Gasteiger charge is 2.04. The molecule has 0 aliphatic carbocycles. The van der Waals surface area contributed by atoms with Gasteiger partial charge in [0, 0.05) is 12.7 Å². The summed E-state index contributed by atoms with van der Waals surface area (Å²) in [7, 11) is 1.90. The van der Waals surface area contributed by atoms with Crippen LogP contribution in [0.15, 0.2) is 12.3 Å².